The number of nitrogens with one attached hydrogen (secondary N) is 1. The summed E-state index contributed by atoms with van der Waals surface area (Å²) in [6.45, 7) is 4.20. The van der Waals surface area contributed by atoms with Gasteiger partial charge in [0.25, 0.3) is 0 Å². The fourth-order valence-electron chi connectivity index (χ4n) is 9.62. The van der Waals surface area contributed by atoms with Gasteiger partial charge in [0, 0.05) is 6.42 Å². The van der Waals surface area contributed by atoms with Gasteiger partial charge < -0.3 is 15.5 Å². The second-order valence-corrected chi connectivity index (χ2v) is 22.2. The molecule has 2 atom stereocenters. The maximum absolute atomic E-state index is 12.5. The van der Waals surface area contributed by atoms with Crippen LogP contribution in [0.25, 0.3) is 0 Å². The minimum atomic E-state index is -0.862. The summed E-state index contributed by atoms with van der Waals surface area (Å²) in [7, 11) is 0. The van der Waals surface area contributed by atoms with E-state index in [1.807, 2.05) is 6.08 Å². The summed E-state index contributed by atoms with van der Waals surface area (Å²) in [6, 6.07) is -0.648. The summed E-state index contributed by atoms with van der Waals surface area (Å²) in [5.74, 6) is -0.0905. The van der Waals surface area contributed by atoms with Crippen molar-refractivity contribution in [3.8, 4) is 0 Å². The topological polar surface area (TPSA) is 69.6 Å². The molecule has 0 fully saturated rings. The number of allylic oxidation sites excluding steroid dienone is 21. The van der Waals surface area contributed by atoms with Crippen molar-refractivity contribution in [3.63, 3.8) is 0 Å². The molecule has 1 amide bonds. The van der Waals surface area contributed by atoms with Gasteiger partial charge in [0.05, 0.1) is 18.8 Å². The predicted molar refractivity (Wildman–Crippen MR) is 349 cm³/mol. The van der Waals surface area contributed by atoms with E-state index in [0.717, 1.165) is 109 Å². The average molecular weight is 1080 g/mol. The summed E-state index contributed by atoms with van der Waals surface area (Å²) in [6.07, 6.45) is 105. The third-order valence-electron chi connectivity index (χ3n) is 14.6. The monoisotopic (exact) mass is 1080 g/mol. The summed E-state index contributed by atoms with van der Waals surface area (Å²) in [4.78, 5) is 12.5. The minimum absolute atomic E-state index is 0.0905. The van der Waals surface area contributed by atoms with Gasteiger partial charge in [-0.3, -0.25) is 4.79 Å². The van der Waals surface area contributed by atoms with Crippen LogP contribution in [0.3, 0.4) is 0 Å². The lowest BCUT2D eigenvalue weighted by atomic mass is 10.0. The number of carbonyl (C=O) groups excluding carboxylic acids is 1. The SMILES string of the molecule is CC/C=C\C/C=C\C/C=C\C/C=C\C/C=C\C/C=C\C/C=C\C/C=C\C/C=C\C/C=C\CCCCCCC(=O)NC(CO)C(O)/C=C/CCCCCCCCCCCCCCCCCCCCCCCCCCCCCCC. The maximum Gasteiger partial charge on any atom is 0.220 e. The first-order valence-electron chi connectivity index (χ1n) is 33.4. The Morgan fingerprint density at radius 2 is 0.564 bits per heavy atom. The molecule has 3 N–H and O–H groups in total. The summed E-state index contributed by atoms with van der Waals surface area (Å²) >= 11 is 0. The molecule has 0 aromatic heterocycles. The van der Waals surface area contributed by atoms with Crippen LogP contribution in [0.15, 0.2) is 134 Å². The molecular weight excluding hydrogens is 951 g/mol. The molecule has 0 rings (SSSR count). The van der Waals surface area contributed by atoms with Gasteiger partial charge in [0.2, 0.25) is 5.91 Å². The molecule has 0 aliphatic carbocycles. The molecule has 0 aliphatic rings. The Balaban J connectivity index is 3.60. The molecule has 0 radical (unpaired) electrons. The summed E-state index contributed by atoms with van der Waals surface area (Å²) in [5, 5.41) is 23.3. The minimum Gasteiger partial charge on any atom is -0.394 e. The highest BCUT2D eigenvalue weighted by atomic mass is 16.3. The van der Waals surface area contributed by atoms with E-state index in [2.05, 4.69) is 141 Å². The fraction of sp³-hybridized carbons (Fsp3) is 0.689. The molecule has 4 nitrogen and oxygen atoms in total. The van der Waals surface area contributed by atoms with E-state index in [9.17, 15) is 15.0 Å². The Labute approximate surface area is 485 Å². The quantitative estimate of drug-likeness (QED) is 0.0420. The van der Waals surface area contributed by atoms with Crippen LogP contribution in [-0.2, 0) is 4.79 Å². The van der Waals surface area contributed by atoms with Crippen molar-refractivity contribution in [1.29, 1.82) is 0 Å². The van der Waals surface area contributed by atoms with Crippen LogP contribution >= 0.6 is 0 Å². The molecule has 0 aromatic rings. The number of amides is 1. The van der Waals surface area contributed by atoms with Crippen molar-refractivity contribution < 1.29 is 15.0 Å². The van der Waals surface area contributed by atoms with Crippen LogP contribution in [0.1, 0.15) is 309 Å². The van der Waals surface area contributed by atoms with E-state index >= 15 is 0 Å². The van der Waals surface area contributed by atoms with Crippen LogP contribution in [0.5, 0.6) is 0 Å². The first-order chi connectivity index (χ1) is 38.7. The van der Waals surface area contributed by atoms with Crippen molar-refractivity contribution in [3.05, 3.63) is 134 Å². The highest BCUT2D eigenvalue weighted by Gasteiger charge is 2.18. The van der Waals surface area contributed by atoms with E-state index < -0.39 is 12.1 Å². The number of rotatable bonds is 60. The van der Waals surface area contributed by atoms with Crippen LogP contribution in [0.4, 0.5) is 0 Å². The molecule has 4 heteroatoms. The summed E-state index contributed by atoms with van der Waals surface area (Å²) < 4.78 is 0. The van der Waals surface area contributed by atoms with E-state index in [0.29, 0.717) is 6.42 Å². The second-order valence-electron chi connectivity index (χ2n) is 22.2. The number of aliphatic hydroxyl groups is 2. The number of unbranched alkanes of at least 4 members (excludes halogenated alkanes) is 33. The van der Waals surface area contributed by atoms with Crippen LogP contribution in [0, 0.1) is 0 Å². The molecule has 0 heterocycles. The first kappa shape index (κ1) is 74.5. The number of hydrogen-bond donors (Lipinski definition) is 3. The Hall–Kier alpha value is -3.47. The molecule has 0 aromatic carbocycles. The van der Waals surface area contributed by atoms with E-state index in [4.69, 9.17) is 0 Å². The van der Waals surface area contributed by atoms with Crippen molar-refractivity contribution in [2.75, 3.05) is 6.61 Å². The van der Waals surface area contributed by atoms with Crippen LogP contribution in [0.2, 0.25) is 0 Å². The van der Waals surface area contributed by atoms with Gasteiger partial charge in [-0.2, -0.15) is 0 Å². The zero-order valence-corrected chi connectivity index (χ0v) is 51.4. The standard InChI is InChI=1S/C74H127NO3/c1-3-5-7-9-11-13-15-17-19-21-23-25-27-29-31-33-35-36-37-38-40-42-44-46-48-50-52-54-56-58-60-62-64-66-68-70-74(78)75-72(71-76)73(77)69-67-65-63-61-59-57-55-53-51-49-47-45-43-41-39-34-32-30-28-26-24-22-20-18-16-14-12-10-8-6-4-2/h5,7,11,13,17,19,23,25,29,31,35-36,38,40,44,46,50,52,56,58,67,69,72-73,76-77H,3-4,6,8-10,12,14-16,18,20-22,24,26-28,30,32-34,37,39,41-43,45,47-49,51,53-55,57,59-66,68,70-71H2,1-2H3,(H,75,78)/b7-5-,13-11-,19-17-,25-23-,31-29-,36-35-,40-38-,46-44-,52-50-,58-56-,69-67+. The zero-order valence-electron chi connectivity index (χ0n) is 51.4. The highest BCUT2D eigenvalue weighted by molar-refractivity contribution is 5.76. The van der Waals surface area contributed by atoms with Gasteiger partial charge in [-0.1, -0.05) is 340 Å². The molecule has 2 unspecified atom stereocenters. The van der Waals surface area contributed by atoms with Gasteiger partial charge >= 0.3 is 0 Å². The van der Waals surface area contributed by atoms with Gasteiger partial charge in [0.15, 0.2) is 0 Å². The molecule has 0 bridgehead atoms. The second kappa shape index (κ2) is 67.8. The molecule has 0 spiro atoms. The molecule has 446 valence electrons. The van der Waals surface area contributed by atoms with Gasteiger partial charge in [-0.15, -0.1) is 0 Å². The van der Waals surface area contributed by atoms with E-state index in [1.165, 1.54) is 180 Å². The van der Waals surface area contributed by atoms with Gasteiger partial charge in [-0.05, 0) is 96.3 Å². The third-order valence-corrected chi connectivity index (χ3v) is 14.6. The average Bonchev–Trinajstić information content (AvgIpc) is 3.44. The van der Waals surface area contributed by atoms with Crippen molar-refractivity contribution in [1.82, 2.24) is 5.32 Å². The van der Waals surface area contributed by atoms with E-state index in [-0.39, 0.29) is 12.5 Å². The number of carbonyl (C=O) groups is 1. The fourth-order valence-corrected chi connectivity index (χ4v) is 9.62. The number of aliphatic hydroxyl groups excluding tert-OH is 2. The highest BCUT2D eigenvalue weighted by Crippen LogP contribution is 2.17. The lowest BCUT2D eigenvalue weighted by Gasteiger charge is -2.20. The molecule has 78 heavy (non-hydrogen) atoms. The van der Waals surface area contributed by atoms with Gasteiger partial charge in [0.1, 0.15) is 0 Å². The van der Waals surface area contributed by atoms with Crippen molar-refractivity contribution in [2.45, 2.75) is 321 Å². The number of hydrogen-bond acceptors (Lipinski definition) is 3. The van der Waals surface area contributed by atoms with Gasteiger partial charge in [-0.25, -0.2) is 0 Å². The van der Waals surface area contributed by atoms with E-state index in [1.54, 1.807) is 6.08 Å². The Morgan fingerprint density at radius 3 is 0.846 bits per heavy atom. The Kier molecular flexibility index (Phi) is 64.8. The summed E-state index contributed by atoms with van der Waals surface area (Å²) in [5.41, 5.74) is 0. The Morgan fingerprint density at radius 1 is 0.321 bits per heavy atom. The molecule has 0 saturated heterocycles. The largest absolute Gasteiger partial charge is 0.394 e. The molecule has 0 aliphatic heterocycles. The normalized spacial score (nSPS) is 13.6. The smallest absolute Gasteiger partial charge is 0.220 e. The van der Waals surface area contributed by atoms with Crippen LogP contribution < -0.4 is 5.32 Å². The Bertz CT molecular complexity index is 1550. The maximum atomic E-state index is 12.5. The molecule has 0 saturated carbocycles. The lowest BCUT2D eigenvalue weighted by Crippen LogP contribution is -2.45. The zero-order chi connectivity index (χ0) is 56.2. The molecular formula is C74H127NO3. The first-order valence-corrected chi connectivity index (χ1v) is 33.4. The predicted octanol–water partition coefficient (Wildman–Crippen LogP) is 22.9. The van der Waals surface area contributed by atoms with Crippen molar-refractivity contribution >= 4 is 5.91 Å². The lowest BCUT2D eigenvalue weighted by molar-refractivity contribution is -0.123. The van der Waals surface area contributed by atoms with Crippen LogP contribution in [-0.4, -0.2) is 34.9 Å². The van der Waals surface area contributed by atoms with Crippen molar-refractivity contribution in [2.24, 2.45) is 0 Å². The third kappa shape index (κ3) is 63.4.